The van der Waals surface area contributed by atoms with Crippen LogP contribution in [0, 0.1) is 0 Å². The summed E-state index contributed by atoms with van der Waals surface area (Å²) in [6.07, 6.45) is -0.234. The Morgan fingerprint density at radius 2 is 1.82 bits per heavy atom. The number of rotatable bonds is 4. The Bertz CT molecular complexity index is 253. The fraction of sp³-hybridized carbons (Fsp3) is 0.917. The molecule has 0 heterocycles. The maximum absolute atomic E-state index is 11.7. The molecule has 17 heavy (non-hydrogen) atoms. The highest BCUT2D eigenvalue weighted by Gasteiger charge is 2.30. The number of aliphatic hydroxyl groups excluding tert-OH is 1. The van der Waals surface area contributed by atoms with E-state index in [1.54, 1.807) is 6.92 Å². The summed E-state index contributed by atoms with van der Waals surface area (Å²) in [6, 6.07) is 0. The molecular weight excluding hydrogens is 234 g/mol. The molecule has 2 N–H and O–H groups in total. The molecule has 0 radical (unpaired) electrons. The summed E-state index contributed by atoms with van der Waals surface area (Å²) in [5, 5.41) is 12.3. The zero-order chi connectivity index (χ0) is 13.9. The SMILES string of the molecule is CC(O)CC(NC(=O)OC(C)(C)C)[Si](C)(C)C. The van der Waals surface area contributed by atoms with E-state index < -0.39 is 25.9 Å². The van der Waals surface area contributed by atoms with Crippen LogP contribution in [0.1, 0.15) is 34.1 Å². The van der Waals surface area contributed by atoms with Gasteiger partial charge in [0.1, 0.15) is 5.60 Å². The molecular formula is C12H27NO3Si. The van der Waals surface area contributed by atoms with E-state index in [0.717, 1.165) is 0 Å². The number of hydrogen-bond donors (Lipinski definition) is 2. The minimum Gasteiger partial charge on any atom is -0.444 e. The largest absolute Gasteiger partial charge is 0.444 e. The fourth-order valence-electron chi connectivity index (χ4n) is 1.42. The minimum absolute atomic E-state index is 0.0253. The lowest BCUT2D eigenvalue weighted by atomic mass is 10.2. The molecule has 4 nitrogen and oxygen atoms in total. The summed E-state index contributed by atoms with van der Waals surface area (Å²) in [5.74, 6) is 0. The highest BCUT2D eigenvalue weighted by atomic mass is 28.3. The van der Waals surface area contributed by atoms with Crippen LogP contribution < -0.4 is 5.32 Å². The van der Waals surface area contributed by atoms with E-state index in [0.29, 0.717) is 6.42 Å². The molecule has 0 bridgehead atoms. The molecule has 1 amide bonds. The molecule has 0 saturated heterocycles. The number of amides is 1. The third kappa shape index (κ3) is 8.21. The molecule has 0 aliphatic heterocycles. The van der Waals surface area contributed by atoms with Crippen molar-refractivity contribution in [2.75, 3.05) is 0 Å². The van der Waals surface area contributed by atoms with Crippen LogP contribution >= 0.6 is 0 Å². The monoisotopic (exact) mass is 261 g/mol. The fourth-order valence-corrected chi connectivity index (χ4v) is 3.02. The van der Waals surface area contributed by atoms with Crippen molar-refractivity contribution in [2.45, 2.75) is 71.1 Å². The molecule has 0 aromatic carbocycles. The average Bonchev–Trinajstić information content (AvgIpc) is 1.95. The first kappa shape index (κ1) is 16.4. The predicted octanol–water partition coefficient (Wildman–Crippen LogP) is 2.53. The number of carbonyl (C=O) groups excluding carboxylic acids is 1. The summed E-state index contributed by atoms with van der Waals surface area (Å²) in [5.41, 5.74) is -0.462. The van der Waals surface area contributed by atoms with E-state index in [9.17, 15) is 9.90 Å². The van der Waals surface area contributed by atoms with Crippen molar-refractivity contribution in [3.8, 4) is 0 Å². The Kier molecular flexibility index (Phi) is 5.67. The van der Waals surface area contributed by atoms with Gasteiger partial charge < -0.3 is 15.2 Å². The maximum Gasteiger partial charge on any atom is 0.407 e. The zero-order valence-corrected chi connectivity index (χ0v) is 13.1. The van der Waals surface area contributed by atoms with Crippen molar-refractivity contribution in [3.05, 3.63) is 0 Å². The molecule has 102 valence electrons. The summed E-state index contributed by atoms with van der Waals surface area (Å²) >= 11 is 0. The summed E-state index contributed by atoms with van der Waals surface area (Å²) in [6.45, 7) is 13.7. The Morgan fingerprint density at radius 3 is 2.12 bits per heavy atom. The van der Waals surface area contributed by atoms with E-state index in [1.807, 2.05) is 20.8 Å². The molecule has 2 atom stereocenters. The number of alkyl carbamates (subject to hydrolysis) is 1. The van der Waals surface area contributed by atoms with E-state index in [-0.39, 0.29) is 5.67 Å². The van der Waals surface area contributed by atoms with Gasteiger partial charge in [0.15, 0.2) is 0 Å². The highest BCUT2D eigenvalue weighted by Crippen LogP contribution is 2.15. The van der Waals surface area contributed by atoms with Gasteiger partial charge >= 0.3 is 6.09 Å². The smallest absolute Gasteiger partial charge is 0.407 e. The second kappa shape index (κ2) is 5.86. The van der Waals surface area contributed by atoms with Gasteiger partial charge in [-0.3, -0.25) is 0 Å². The van der Waals surface area contributed by atoms with Gasteiger partial charge in [-0.1, -0.05) is 19.6 Å². The van der Waals surface area contributed by atoms with Gasteiger partial charge in [0, 0.05) is 5.67 Å². The van der Waals surface area contributed by atoms with Crippen LogP contribution in [0.2, 0.25) is 19.6 Å². The molecule has 2 unspecified atom stereocenters. The number of ether oxygens (including phenoxy) is 1. The second-order valence-electron chi connectivity index (χ2n) is 6.65. The van der Waals surface area contributed by atoms with Crippen molar-refractivity contribution in [1.29, 1.82) is 0 Å². The Hall–Kier alpha value is -0.553. The minimum atomic E-state index is -1.56. The van der Waals surface area contributed by atoms with Crippen LogP contribution in [-0.4, -0.2) is 36.6 Å². The molecule has 0 saturated carbocycles. The first-order valence-corrected chi connectivity index (χ1v) is 9.67. The van der Waals surface area contributed by atoms with Crippen molar-refractivity contribution in [2.24, 2.45) is 0 Å². The van der Waals surface area contributed by atoms with Crippen LogP contribution in [0.4, 0.5) is 4.79 Å². The lowest BCUT2D eigenvalue weighted by Gasteiger charge is -2.31. The number of nitrogens with one attached hydrogen (secondary N) is 1. The van der Waals surface area contributed by atoms with Gasteiger partial charge in [-0.15, -0.1) is 0 Å². The molecule has 0 aromatic heterocycles. The first-order chi connectivity index (χ1) is 7.42. The van der Waals surface area contributed by atoms with Gasteiger partial charge in [-0.05, 0) is 34.1 Å². The highest BCUT2D eigenvalue weighted by molar-refractivity contribution is 6.77. The second-order valence-corrected chi connectivity index (χ2v) is 12.1. The Labute approximate surface area is 106 Å². The van der Waals surface area contributed by atoms with E-state index in [2.05, 4.69) is 25.0 Å². The number of hydrogen-bond acceptors (Lipinski definition) is 3. The molecule has 5 heteroatoms. The van der Waals surface area contributed by atoms with Gasteiger partial charge in [0.25, 0.3) is 0 Å². The van der Waals surface area contributed by atoms with Crippen LogP contribution in [-0.2, 0) is 4.74 Å². The maximum atomic E-state index is 11.7. The van der Waals surface area contributed by atoms with Gasteiger partial charge in [-0.2, -0.15) is 0 Å². The number of aliphatic hydroxyl groups is 1. The molecule has 0 aliphatic carbocycles. The standard InChI is InChI=1S/C12H27NO3Si/c1-9(14)8-10(17(5,6)7)13-11(15)16-12(2,3)4/h9-10,14H,8H2,1-7H3,(H,13,15). The molecule has 0 fully saturated rings. The van der Waals surface area contributed by atoms with Crippen molar-refractivity contribution in [3.63, 3.8) is 0 Å². The zero-order valence-electron chi connectivity index (χ0n) is 12.1. The molecule has 0 rings (SSSR count). The normalized spacial score (nSPS) is 16.2. The van der Waals surface area contributed by atoms with Gasteiger partial charge in [0.05, 0.1) is 14.2 Å². The van der Waals surface area contributed by atoms with Crippen molar-refractivity contribution < 1.29 is 14.6 Å². The quantitative estimate of drug-likeness (QED) is 0.765. The number of carbonyl (C=O) groups is 1. The van der Waals surface area contributed by atoms with Gasteiger partial charge in [0.2, 0.25) is 0 Å². The van der Waals surface area contributed by atoms with E-state index >= 15 is 0 Å². The van der Waals surface area contributed by atoms with Crippen LogP contribution in [0.3, 0.4) is 0 Å². The summed E-state index contributed by atoms with van der Waals surface area (Å²) in [4.78, 5) is 11.7. The van der Waals surface area contributed by atoms with Crippen LogP contribution in [0.5, 0.6) is 0 Å². The van der Waals surface area contributed by atoms with Crippen LogP contribution in [0.15, 0.2) is 0 Å². The van der Waals surface area contributed by atoms with Crippen LogP contribution in [0.25, 0.3) is 0 Å². The predicted molar refractivity (Wildman–Crippen MR) is 72.8 cm³/mol. The van der Waals surface area contributed by atoms with E-state index in [4.69, 9.17) is 4.74 Å². The van der Waals surface area contributed by atoms with E-state index in [1.165, 1.54) is 0 Å². The summed E-state index contributed by atoms with van der Waals surface area (Å²) in [7, 11) is -1.56. The molecule has 0 aromatic rings. The third-order valence-corrected chi connectivity index (χ3v) is 4.78. The third-order valence-electron chi connectivity index (χ3n) is 2.31. The topological polar surface area (TPSA) is 58.6 Å². The van der Waals surface area contributed by atoms with Gasteiger partial charge in [-0.25, -0.2) is 4.79 Å². The van der Waals surface area contributed by atoms with Crippen molar-refractivity contribution >= 4 is 14.2 Å². The Morgan fingerprint density at radius 1 is 1.35 bits per heavy atom. The molecule has 0 aliphatic rings. The first-order valence-electron chi connectivity index (χ1n) is 6.09. The van der Waals surface area contributed by atoms with Crippen molar-refractivity contribution in [1.82, 2.24) is 5.32 Å². The molecule has 0 spiro atoms. The lowest BCUT2D eigenvalue weighted by molar-refractivity contribution is 0.0507. The Balaban J connectivity index is 4.50. The summed E-state index contributed by atoms with van der Waals surface area (Å²) < 4.78 is 5.24. The average molecular weight is 261 g/mol. The lowest BCUT2D eigenvalue weighted by Crippen LogP contribution is -2.53.